The summed E-state index contributed by atoms with van der Waals surface area (Å²) in [6, 6.07) is 10.3. The van der Waals surface area contributed by atoms with Gasteiger partial charge in [0.2, 0.25) is 10.0 Å². The van der Waals surface area contributed by atoms with E-state index in [0.717, 1.165) is 34.4 Å². The molecule has 0 aliphatic heterocycles. The molecule has 11 heteroatoms. The molecule has 1 amide bonds. The molecule has 0 N–H and O–H groups in total. The summed E-state index contributed by atoms with van der Waals surface area (Å²) in [5.41, 5.74) is 3.54. The molecule has 0 bridgehead atoms. The Balaban J connectivity index is 1.93. The van der Waals surface area contributed by atoms with Gasteiger partial charge in [-0.05, 0) is 68.4 Å². The molecule has 2 aromatic carbocycles. The van der Waals surface area contributed by atoms with Gasteiger partial charge in [0, 0.05) is 46.0 Å². The van der Waals surface area contributed by atoms with Crippen LogP contribution in [0.25, 0.3) is 10.2 Å². The van der Waals surface area contributed by atoms with Gasteiger partial charge in [0.05, 0.1) is 28.3 Å². The zero-order chi connectivity index (χ0) is 28.6. The van der Waals surface area contributed by atoms with Crippen molar-refractivity contribution >= 4 is 42.6 Å². The molecule has 0 aliphatic rings. The van der Waals surface area contributed by atoms with Crippen molar-refractivity contribution in [3.63, 3.8) is 0 Å². The van der Waals surface area contributed by atoms with E-state index < -0.39 is 10.0 Å². The number of aryl methyl sites for hydroxylation is 2. The van der Waals surface area contributed by atoms with Gasteiger partial charge in [0.15, 0.2) is 5.13 Å². The number of likely N-dealkylation sites (N-methyl/N-ethyl adjacent to an activating group) is 1. The number of ether oxygens (including phenoxy) is 2. The summed E-state index contributed by atoms with van der Waals surface area (Å²) in [5, 5.41) is 0.637. The lowest BCUT2D eigenvalue weighted by Gasteiger charge is -2.25. The number of carbonyl (C=O) groups is 1. The molecule has 0 unspecified atom stereocenters. The van der Waals surface area contributed by atoms with Crippen molar-refractivity contribution in [1.29, 1.82) is 0 Å². The zero-order valence-electron chi connectivity index (χ0n) is 23.8. The summed E-state index contributed by atoms with van der Waals surface area (Å²) in [6.45, 7) is 12.2. The number of hydrogen-bond donors (Lipinski definition) is 0. The van der Waals surface area contributed by atoms with Crippen LogP contribution in [0.4, 0.5) is 5.13 Å². The highest BCUT2D eigenvalue weighted by Crippen LogP contribution is 2.33. The molecule has 3 aromatic rings. The first kappa shape index (κ1) is 31.1. The topological polar surface area (TPSA) is 92.3 Å². The summed E-state index contributed by atoms with van der Waals surface area (Å²) < 4.78 is 39.1. The molecule has 0 atom stereocenters. The lowest BCUT2D eigenvalue weighted by molar-refractivity contribution is 0.0983. The number of amides is 1. The van der Waals surface area contributed by atoms with Crippen LogP contribution in [-0.4, -0.2) is 95.2 Å². The number of fused-ring (bicyclic) bond motifs is 1. The number of rotatable bonds is 15. The van der Waals surface area contributed by atoms with Crippen molar-refractivity contribution in [2.75, 3.05) is 71.6 Å². The van der Waals surface area contributed by atoms with Crippen LogP contribution in [0.3, 0.4) is 0 Å². The molecule has 214 valence electrons. The molecule has 0 spiro atoms. The van der Waals surface area contributed by atoms with Crippen LogP contribution < -0.4 is 4.90 Å². The molecule has 0 saturated heterocycles. The lowest BCUT2D eigenvalue weighted by atomic mass is 10.1. The van der Waals surface area contributed by atoms with Gasteiger partial charge < -0.3 is 14.4 Å². The molecule has 0 aliphatic carbocycles. The van der Waals surface area contributed by atoms with Crippen LogP contribution in [0.15, 0.2) is 41.3 Å². The smallest absolute Gasteiger partial charge is 0.260 e. The molecule has 1 aromatic heterocycles. The van der Waals surface area contributed by atoms with Crippen LogP contribution in [0.1, 0.15) is 35.3 Å². The molecule has 3 rings (SSSR count). The monoisotopic (exact) mass is 576 g/mol. The molecule has 39 heavy (non-hydrogen) atoms. The van der Waals surface area contributed by atoms with Gasteiger partial charge >= 0.3 is 0 Å². The summed E-state index contributed by atoms with van der Waals surface area (Å²) in [4.78, 5) is 22.7. The van der Waals surface area contributed by atoms with E-state index in [1.54, 1.807) is 17.0 Å². The minimum Gasteiger partial charge on any atom is -0.383 e. The van der Waals surface area contributed by atoms with E-state index >= 15 is 0 Å². The summed E-state index contributed by atoms with van der Waals surface area (Å²) in [5.74, 6) is -0.213. The van der Waals surface area contributed by atoms with E-state index in [0.29, 0.717) is 23.8 Å². The third kappa shape index (κ3) is 7.62. The van der Waals surface area contributed by atoms with E-state index in [1.807, 2.05) is 13.0 Å². The number of hydrogen-bond acceptors (Lipinski definition) is 8. The highest BCUT2D eigenvalue weighted by molar-refractivity contribution is 7.89. The Bertz CT molecular complexity index is 1330. The Kier molecular flexibility index (Phi) is 11.4. The predicted molar refractivity (Wildman–Crippen MR) is 158 cm³/mol. The number of nitrogens with zero attached hydrogens (tertiary/aromatic N) is 4. The molecule has 0 fully saturated rings. The second-order valence-corrected chi connectivity index (χ2v) is 12.2. The highest BCUT2D eigenvalue weighted by atomic mass is 32.2. The van der Waals surface area contributed by atoms with E-state index in [1.165, 1.54) is 42.0 Å². The van der Waals surface area contributed by atoms with Crippen molar-refractivity contribution < 1.29 is 22.7 Å². The minimum absolute atomic E-state index is 0.118. The van der Waals surface area contributed by atoms with Crippen LogP contribution in [-0.2, 0) is 19.5 Å². The average molecular weight is 577 g/mol. The van der Waals surface area contributed by atoms with E-state index in [2.05, 4.69) is 31.7 Å². The van der Waals surface area contributed by atoms with Gasteiger partial charge in [-0.1, -0.05) is 31.3 Å². The minimum atomic E-state index is -3.78. The third-order valence-electron chi connectivity index (χ3n) is 6.65. The number of carbonyl (C=O) groups excluding carboxylic acids is 1. The van der Waals surface area contributed by atoms with Gasteiger partial charge in [0.1, 0.15) is 0 Å². The molecular formula is C28H40N4O5S2. The fourth-order valence-electron chi connectivity index (χ4n) is 4.36. The van der Waals surface area contributed by atoms with Gasteiger partial charge in [-0.15, -0.1) is 0 Å². The number of aromatic nitrogens is 1. The lowest BCUT2D eigenvalue weighted by Crippen LogP contribution is -2.39. The van der Waals surface area contributed by atoms with Crippen molar-refractivity contribution in [1.82, 2.24) is 14.2 Å². The molecule has 9 nitrogen and oxygen atoms in total. The average Bonchev–Trinajstić information content (AvgIpc) is 3.35. The molecule has 0 radical (unpaired) electrons. The standard InChI is InChI=1S/C28H40N4O5S2/c1-7-30(8-2)13-14-32(28-29-25-20-21(3)19-22(4)26(25)38-28)27(33)23-9-11-24(12-10-23)39(34,35)31(15-17-36-5)16-18-37-6/h9-12,19-20H,7-8,13-18H2,1-6H3. The van der Waals surface area contributed by atoms with Crippen molar-refractivity contribution in [2.24, 2.45) is 0 Å². The summed E-state index contributed by atoms with van der Waals surface area (Å²) in [6.07, 6.45) is 0. The second kappa shape index (κ2) is 14.3. The van der Waals surface area contributed by atoms with Crippen molar-refractivity contribution in [3.8, 4) is 0 Å². The van der Waals surface area contributed by atoms with Crippen LogP contribution in [0.2, 0.25) is 0 Å². The quantitative estimate of drug-likeness (QED) is 0.268. The maximum Gasteiger partial charge on any atom is 0.260 e. The van der Waals surface area contributed by atoms with Crippen molar-refractivity contribution in [3.05, 3.63) is 53.1 Å². The predicted octanol–water partition coefficient (Wildman–Crippen LogP) is 4.19. The molecule has 1 heterocycles. The van der Waals surface area contributed by atoms with Gasteiger partial charge in [0.25, 0.3) is 5.91 Å². The Morgan fingerprint density at radius 2 is 1.54 bits per heavy atom. The first-order valence-corrected chi connectivity index (χ1v) is 15.4. The Morgan fingerprint density at radius 1 is 0.923 bits per heavy atom. The molecule has 0 saturated carbocycles. The van der Waals surface area contributed by atoms with Crippen LogP contribution >= 0.6 is 11.3 Å². The van der Waals surface area contributed by atoms with Gasteiger partial charge in [-0.2, -0.15) is 4.31 Å². The summed E-state index contributed by atoms with van der Waals surface area (Å²) in [7, 11) is -0.725. The Hall–Kier alpha value is -2.41. The van der Waals surface area contributed by atoms with E-state index in [-0.39, 0.29) is 37.1 Å². The van der Waals surface area contributed by atoms with Crippen LogP contribution in [0, 0.1) is 13.8 Å². The highest BCUT2D eigenvalue weighted by Gasteiger charge is 2.26. The number of methoxy groups -OCH3 is 2. The fourth-order valence-corrected chi connectivity index (χ4v) is 6.81. The van der Waals surface area contributed by atoms with Gasteiger partial charge in [-0.25, -0.2) is 13.4 Å². The zero-order valence-corrected chi connectivity index (χ0v) is 25.4. The van der Waals surface area contributed by atoms with E-state index in [9.17, 15) is 13.2 Å². The van der Waals surface area contributed by atoms with Gasteiger partial charge in [-0.3, -0.25) is 9.69 Å². The SMILES string of the molecule is CCN(CC)CCN(C(=O)c1ccc(S(=O)(=O)N(CCOC)CCOC)cc1)c1nc2cc(C)cc(C)c2s1. The second-order valence-electron chi connectivity index (χ2n) is 9.32. The molecular weight excluding hydrogens is 536 g/mol. The number of thiazole rings is 1. The Labute approximate surface area is 236 Å². The third-order valence-corrected chi connectivity index (χ3v) is 9.79. The first-order valence-electron chi connectivity index (χ1n) is 13.2. The largest absolute Gasteiger partial charge is 0.383 e. The normalized spacial score (nSPS) is 12.1. The van der Waals surface area contributed by atoms with Crippen molar-refractivity contribution in [2.45, 2.75) is 32.6 Å². The van der Waals surface area contributed by atoms with Crippen LogP contribution in [0.5, 0.6) is 0 Å². The number of benzene rings is 2. The number of anilines is 1. The number of sulfonamides is 1. The maximum absolute atomic E-state index is 13.8. The Morgan fingerprint density at radius 3 is 2.10 bits per heavy atom. The van der Waals surface area contributed by atoms with E-state index in [4.69, 9.17) is 14.5 Å². The first-order chi connectivity index (χ1) is 18.7. The maximum atomic E-state index is 13.8. The fraction of sp³-hybridized carbons (Fsp3) is 0.500. The summed E-state index contributed by atoms with van der Waals surface area (Å²) >= 11 is 1.51.